The molecule has 0 atom stereocenters. The molecule has 0 radical (unpaired) electrons. The number of pyridine rings is 1. The SMILES string of the molecule is C=C(CNCC)CSc1ncccc1Br. The first kappa shape index (κ1) is 12.7. The topological polar surface area (TPSA) is 24.9 Å². The molecule has 1 heterocycles. The Morgan fingerprint density at radius 2 is 2.47 bits per heavy atom. The lowest BCUT2D eigenvalue weighted by atomic mass is 10.3. The number of hydrogen-bond acceptors (Lipinski definition) is 3. The molecule has 0 spiro atoms. The molecule has 1 aromatic heterocycles. The van der Waals surface area contributed by atoms with E-state index in [0.29, 0.717) is 0 Å². The van der Waals surface area contributed by atoms with Gasteiger partial charge in [-0.1, -0.05) is 19.1 Å². The van der Waals surface area contributed by atoms with Crippen LogP contribution in [0.1, 0.15) is 6.92 Å². The Balaban J connectivity index is 2.37. The summed E-state index contributed by atoms with van der Waals surface area (Å²) >= 11 is 5.18. The minimum absolute atomic E-state index is 0.883. The van der Waals surface area contributed by atoms with E-state index in [9.17, 15) is 0 Å². The highest BCUT2D eigenvalue weighted by Crippen LogP contribution is 2.25. The Labute approximate surface area is 104 Å². The largest absolute Gasteiger partial charge is 0.313 e. The fourth-order valence-corrected chi connectivity index (χ4v) is 2.38. The first-order valence-corrected chi connectivity index (χ1v) is 6.62. The van der Waals surface area contributed by atoms with Crippen LogP contribution in [-0.4, -0.2) is 23.8 Å². The number of halogens is 1. The summed E-state index contributed by atoms with van der Waals surface area (Å²) in [5, 5.41) is 4.28. The van der Waals surface area contributed by atoms with Crippen molar-refractivity contribution in [3.63, 3.8) is 0 Å². The fourth-order valence-electron chi connectivity index (χ4n) is 1.00. The first-order valence-electron chi connectivity index (χ1n) is 4.84. The van der Waals surface area contributed by atoms with Gasteiger partial charge in [0.2, 0.25) is 0 Å². The van der Waals surface area contributed by atoms with E-state index in [1.807, 2.05) is 12.1 Å². The second-order valence-corrected chi connectivity index (χ2v) is 4.93. The second-order valence-electron chi connectivity index (χ2n) is 3.11. The maximum atomic E-state index is 4.29. The minimum atomic E-state index is 0.883. The lowest BCUT2D eigenvalue weighted by molar-refractivity contribution is 0.779. The molecule has 1 aromatic rings. The summed E-state index contributed by atoms with van der Waals surface area (Å²) in [5.41, 5.74) is 1.19. The summed E-state index contributed by atoms with van der Waals surface area (Å²) in [6.07, 6.45) is 1.81. The third-order valence-electron chi connectivity index (χ3n) is 1.76. The molecule has 0 aliphatic heterocycles. The molecule has 2 nitrogen and oxygen atoms in total. The van der Waals surface area contributed by atoms with Gasteiger partial charge in [0.1, 0.15) is 5.03 Å². The predicted octanol–water partition coefficient (Wildman–Crippen LogP) is 3.10. The van der Waals surface area contributed by atoms with Crippen molar-refractivity contribution >= 4 is 27.7 Å². The molecule has 82 valence electrons. The first-order chi connectivity index (χ1) is 7.24. The number of nitrogens with one attached hydrogen (secondary N) is 1. The minimum Gasteiger partial charge on any atom is -0.313 e. The Hall–Kier alpha value is -0.320. The van der Waals surface area contributed by atoms with Crippen molar-refractivity contribution in [1.82, 2.24) is 10.3 Å². The quantitative estimate of drug-likeness (QED) is 0.643. The Bertz CT molecular complexity index is 328. The normalized spacial score (nSPS) is 10.3. The number of thioether (sulfide) groups is 1. The molecule has 0 saturated carbocycles. The summed E-state index contributed by atoms with van der Waals surface area (Å²) in [5.74, 6) is 0.905. The lowest BCUT2D eigenvalue weighted by Crippen LogP contribution is -2.16. The fraction of sp³-hybridized carbons (Fsp3) is 0.364. The highest BCUT2D eigenvalue weighted by molar-refractivity contribution is 9.10. The Kier molecular flexibility index (Phi) is 5.98. The van der Waals surface area contributed by atoms with E-state index in [1.165, 1.54) is 5.57 Å². The zero-order valence-corrected chi connectivity index (χ0v) is 11.2. The van der Waals surface area contributed by atoms with Gasteiger partial charge in [-0.25, -0.2) is 4.98 Å². The van der Waals surface area contributed by atoms with Gasteiger partial charge in [-0.15, -0.1) is 11.8 Å². The van der Waals surface area contributed by atoms with Gasteiger partial charge in [0.25, 0.3) is 0 Å². The third-order valence-corrected chi connectivity index (χ3v) is 3.82. The standard InChI is InChI=1S/C11H15BrN2S/c1-3-13-7-9(2)8-15-11-10(12)5-4-6-14-11/h4-6,13H,2-3,7-8H2,1H3. The van der Waals surface area contributed by atoms with Gasteiger partial charge < -0.3 is 5.32 Å². The van der Waals surface area contributed by atoms with Crippen LogP contribution < -0.4 is 5.32 Å². The van der Waals surface area contributed by atoms with Gasteiger partial charge in [0.05, 0.1) is 0 Å². The molecule has 0 aliphatic rings. The summed E-state index contributed by atoms with van der Waals surface area (Å²) in [7, 11) is 0. The smallest absolute Gasteiger partial charge is 0.110 e. The summed E-state index contributed by atoms with van der Waals surface area (Å²) in [6, 6.07) is 3.92. The van der Waals surface area contributed by atoms with E-state index in [0.717, 1.165) is 28.3 Å². The van der Waals surface area contributed by atoms with Gasteiger partial charge in [0, 0.05) is 23.0 Å². The number of nitrogens with zero attached hydrogens (tertiary/aromatic N) is 1. The van der Waals surface area contributed by atoms with E-state index in [2.05, 4.69) is 39.7 Å². The highest BCUT2D eigenvalue weighted by atomic mass is 79.9. The van der Waals surface area contributed by atoms with Crippen LogP contribution in [0.4, 0.5) is 0 Å². The van der Waals surface area contributed by atoms with Gasteiger partial charge >= 0.3 is 0 Å². The van der Waals surface area contributed by atoms with E-state index in [4.69, 9.17) is 0 Å². The number of rotatable bonds is 6. The number of aromatic nitrogens is 1. The summed E-state index contributed by atoms with van der Waals surface area (Å²) < 4.78 is 1.05. The van der Waals surface area contributed by atoms with Crippen LogP contribution >= 0.6 is 27.7 Å². The summed E-state index contributed by atoms with van der Waals surface area (Å²) in [6.45, 7) is 7.97. The van der Waals surface area contributed by atoms with Crippen molar-refractivity contribution in [1.29, 1.82) is 0 Å². The molecular formula is C11H15BrN2S. The Morgan fingerprint density at radius 1 is 1.67 bits per heavy atom. The van der Waals surface area contributed by atoms with Crippen LogP contribution in [0.2, 0.25) is 0 Å². The highest BCUT2D eigenvalue weighted by Gasteiger charge is 2.01. The molecule has 0 aromatic carbocycles. The van der Waals surface area contributed by atoms with Crippen LogP contribution in [0, 0.1) is 0 Å². The van der Waals surface area contributed by atoms with Crippen molar-refractivity contribution in [3.8, 4) is 0 Å². The molecule has 4 heteroatoms. The Morgan fingerprint density at radius 3 is 3.13 bits per heavy atom. The average molecular weight is 287 g/mol. The van der Waals surface area contributed by atoms with E-state index < -0.39 is 0 Å². The van der Waals surface area contributed by atoms with E-state index >= 15 is 0 Å². The van der Waals surface area contributed by atoms with Crippen molar-refractivity contribution in [2.45, 2.75) is 11.9 Å². The second kappa shape index (κ2) is 7.04. The lowest BCUT2D eigenvalue weighted by Gasteiger charge is -2.06. The molecule has 0 fully saturated rings. The van der Waals surface area contributed by atoms with Crippen LogP contribution in [0.5, 0.6) is 0 Å². The van der Waals surface area contributed by atoms with Gasteiger partial charge in [-0.05, 0) is 34.6 Å². The van der Waals surface area contributed by atoms with Crippen molar-refractivity contribution in [2.75, 3.05) is 18.8 Å². The van der Waals surface area contributed by atoms with Crippen LogP contribution in [-0.2, 0) is 0 Å². The maximum absolute atomic E-state index is 4.29. The van der Waals surface area contributed by atoms with Crippen LogP contribution in [0.15, 0.2) is 40.0 Å². The van der Waals surface area contributed by atoms with Crippen molar-refractivity contribution < 1.29 is 0 Å². The number of hydrogen-bond donors (Lipinski definition) is 1. The molecule has 0 amide bonds. The van der Waals surface area contributed by atoms with Gasteiger partial charge in [0.15, 0.2) is 0 Å². The zero-order chi connectivity index (χ0) is 11.1. The molecule has 15 heavy (non-hydrogen) atoms. The van der Waals surface area contributed by atoms with Gasteiger partial charge in [-0.3, -0.25) is 0 Å². The third kappa shape index (κ3) is 4.82. The molecule has 0 bridgehead atoms. The van der Waals surface area contributed by atoms with Crippen LogP contribution in [0.25, 0.3) is 0 Å². The molecule has 0 unspecified atom stereocenters. The summed E-state index contributed by atoms with van der Waals surface area (Å²) in [4.78, 5) is 4.29. The van der Waals surface area contributed by atoms with Gasteiger partial charge in [-0.2, -0.15) is 0 Å². The molecule has 1 N–H and O–H groups in total. The predicted molar refractivity (Wildman–Crippen MR) is 70.3 cm³/mol. The van der Waals surface area contributed by atoms with Crippen molar-refractivity contribution in [3.05, 3.63) is 35.0 Å². The van der Waals surface area contributed by atoms with Crippen molar-refractivity contribution in [2.24, 2.45) is 0 Å². The average Bonchev–Trinajstić information content (AvgIpc) is 2.25. The molecule has 1 rings (SSSR count). The molecule has 0 saturated heterocycles. The zero-order valence-electron chi connectivity index (χ0n) is 8.79. The molecular weight excluding hydrogens is 272 g/mol. The van der Waals surface area contributed by atoms with E-state index in [1.54, 1.807) is 18.0 Å². The molecule has 0 aliphatic carbocycles. The maximum Gasteiger partial charge on any atom is 0.110 e. The van der Waals surface area contributed by atoms with Crippen LogP contribution in [0.3, 0.4) is 0 Å². The van der Waals surface area contributed by atoms with E-state index in [-0.39, 0.29) is 0 Å². The number of likely N-dealkylation sites (N-methyl/N-ethyl adjacent to an activating group) is 1. The monoisotopic (exact) mass is 286 g/mol.